The molecule has 0 N–H and O–H groups in total. The number of hydrogen-bond donors (Lipinski definition) is 1. The lowest BCUT2D eigenvalue weighted by molar-refractivity contribution is 0.559. The Morgan fingerprint density at radius 3 is 1.44 bits per heavy atom. The number of benzene rings is 1. The van der Waals surface area contributed by atoms with Crippen molar-refractivity contribution >= 4 is 35.2 Å². The van der Waals surface area contributed by atoms with E-state index in [0.29, 0.717) is 0 Å². The van der Waals surface area contributed by atoms with Crippen LogP contribution in [-0.4, -0.2) is 0 Å². The Morgan fingerprint density at radius 2 is 1.19 bits per heavy atom. The van der Waals surface area contributed by atoms with Crippen molar-refractivity contribution in [1.82, 2.24) is 0 Å². The maximum absolute atomic E-state index is 4.53. The van der Waals surface area contributed by atoms with Crippen molar-refractivity contribution in [1.29, 1.82) is 0 Å². The van der Waals surface area contributed by atoms with Gasteiger partial charge in [-0.1, -0.05) is 41.5 Å². The van der Waals surface area contributed by atoms with E-state index in [1.54, 1.807) is 0 Å². The van der Waals surface area contributed by atoms with E-state index in [1.807, 2.05) is 0 Å². The summed E-state index contributed by atoms with van der Waals surface area (Å²) in [5.41, 5.74) is 3.14. The summed E-state index contributed by atoms with van der Waals surface area (Å²) in [4.78, 5) is 1.07. The van der Waals surface area contributed by atoms with E-state index in [2.05, 4.69) is 88.9 Å². The molecule has 0 aliphatic rings. The van der Waals surface area contributed by atoms with Crippen molar-refractivity contribution in [2.45, 2.75) is 57.3 Å². The minimum atomic E-state index is 0.176. The van der Waals surface area contributed by atoms with E-state index in [4.69, 9.17) is 0 Å². The normalized spacial score (nSPS) is 13.0. The Labute approximate surface area is 119 Å². The zero-order valence-corrected chi connectivity index (χ0v) is 14.0. The average molecular weight is 348 g/mol. The predicted octanol–water partition coefficient (Wildman–Crippen LogP) is 5.17. The van der Waals surface area contributed by atoms with Gasteiger partial charge in [-0.2, -0.15) is 0 Å². The summed E-state index contributed by atoms with van der Waals surface area (Å²) in [6.45, 7) is 13.5. The van der Waals surface area contributed by atoms with Gasteiger partial charge in [-0.15, -0.1) is 12.6 Å². The molecule has 0 nitrogen and oxygen atoms in total. The lowest BCUT2D eigenvalue weighted by Crippen LogP contribution is -2.19. The Hall–Kier alpha value is 0.300. The molecule has 0 saturated carbocycles. The zero-order chi connectivity index (χ0) is 12.7. The lowest BCUT2D eigenvalue weighted by atomic mass is 9.81. The maximum Gasteiger partial charge on any atom is 0.0205 e. The Kier molecular flexibility index (Phi) is 4.06. The van der Waals surface area contributed by atoms with Crippen LogP contribution in [0.1, 0.15) is 52.7 Å². The predicted molar refractivity (Wildman–Crippen MR) is 83.8 cm³/mol. The fourth-order valence-electron chi connectivity index (χ4n) is 1.70. The summed E-state index contributed by atoms with van der Waals surface area (Å²) in [6.07, 6.45) is 0. The van der Waals surface area contributed by atoms with Gasteiger partial charge in [0.2, 0.25) is 0 Å². The highest BCUT2D eigenvalue weighted by molar-refractivity contribution is 14.1. The molecule has 0 bridgehead atoms. The largest absolute Gasteiger partial charge is 0.143 e. The zero-order valence-electron chi connectivity index (χ0n) is 11.0. The Morgan fingerprint density at radius 1 is 0.875 bits per heavy atom. The Bertz CT molecular complexity index is 359. The molecule has 2 heteroatoms. The Balaban J connectivity index is 3.51. The summed E-state index contributed by atoms with van der Waals surface area (Å²) in [7, 11) is 0. The van der Waals surface area contributed by atoms with Crippen LogP contribution in [0.2, 0.25) is 0 Å². The van der Waals surface area contributed by atoms with E-state index >= 15 is 0 Å². The first-order valence-corrected chi connectivity index (χ1v) is 7.09. The maximum atomic E-state index is 4.53. The van der Waals surface area contributed by atoms with Crippen molar-refractivity contribution in [2.24, 2.45) is 0 Å². The summed E-state index contributed by atoms with van der Waals surface area (Å²) in [6, 6.07) is 4.39. The van der Waals surface area contributed by atoms with Crippen LogP contribution < -0.4 is 0 Å². The van der Waals surface area contributed by atoms with Crippen molar-refractivity contribution in [3.8, 4) is 0 Å². The molecule has 1 rings (SSSR count). The molecular weight excluding hydrogens is 327 g/mol. The molecule has 0 radical (unpaired) electrons. The first-order valence-electron chi connectivity index (χ1n) is 5.57. The molecule has 0 aliphatic carbocycles. The van der Waals surface area contributed by atoms with Crippen LogP contribution in [0.5, 0.6) is 0 Å². The van der Waals surface area contributed by atoms with Gasteiger partial charge in [0.1, 0.15) is 0 Å². The second-order valence-corrected chi connectivity index (χ2v) is 7.95. The molecule has 0 saturated heterocycles. The van der Waals surface area contributed by atoms with Crippen LogP contribution in [0.3, 0.4) is 0 Å². The molecule has 90 valence electrons. The van der Waals surface area contributed by atoms with E-state index in [-0.39, 0.29) is 10.8 Å². The first kappa shape index (κ1) is 14.4. The minimum absolute atomic E-state index is 0.176. The van der Waals surface area contributed by atoms with Gasteiger partial charge >= 0.3 is 0 Å². The molecule has 1 aromatic rings. The van der Waals surface area contributed by atoms with Crippen LogP contribution in [0.25, 0.3) is 0 Å². The van der Waals surface area contributed by atoms with Gasteiger partial charge in [0.05, 0.1) is 0 Å². The molecule has 0 atom stereocenters. The number of rotatable bonds is 0. The highest BCUT2D eigenvalue weighted by atomic mass is 127. The highest BCUT2D eigenvalue weighted by Crippen LogP contribution is 2.36. The second kappa shape index (κ2) is 4.52. The van der Waals surface area contributed by atoms with Gasteiger partial charge in [0.15, 0.2) is 0 Å². The van der Waals surface area contributed by atoms with Gasteiger partial charge < -0.3 is 0 Å². The molecule has 0 aliphatic heterocycles. The van der Waals surface area contributed by atoms with Crippen molar-refractivity contribution < 1.29 is 0 Å². The van der Waals surface area contributed by atoms with E-state index in [0.717, 1.165) is 4.90 Å². The van der Waals surface area contributed by atoms with Crippen molar-refractivity contribution in [2.75, 3.05) is 0 Å². The summed E-state index contributed by atoms with van der Waals surface area (Å²) < 4.78 is 1.38. The topological polar surface area (TPSA) is 0 Å². The van der Waals surface area contributed by atoms with Crippen LogP contribution in [-0.2, 0) is 10.8 Å². The molecule has 0 unspecified atom stereocenters. The highest BCUT2D eigenvalue weighted by Gasteiger charge is 2.24. The second-order valence-electron chi connectivity index (χ2n) is 6.35. The van der Waals surface area contributed by atoms with Crippen molar-refractivity contribution in [3.05, 3.63) is 26.8 Å². The molecule has 0 fully saturated rings. The molecule has 0 amide bonds. The lowest BCUT2D eigenvalue weighted by Gasteiger charge is -2.28. The molecule has 0 aromatic heterocycles. The standard InChI is InChI=1S/C14H21IS/c1-13(2,3)10-7-9(16)8-11(12(10)15)14(4,5)6/h7-8,16H,1-6H3. The van der Waals surface area contributed by atoms with E-state index < -0.39 is 0 Å². The average Bonchev–Trinajstić information content (AvgIpc) is 2.04. The minimum Gasteiger partial charge on any atom is -0.143 e. The third-order valence-electron chi connectivity index (χ3n) is 2.67. The fraction of sp³-hybridized carbons (Fsp3) is 0.571. The van der Waals surface area contributed by atoms with Gasteiger partial charge in [0.25, 0.3) is 0 Å². The van der Waals surface area contributed by atoms with Crippen LogP contribution in [0.15, 0.2) is 17.0 Å². The van der Waals surface area contributed by atoms with Gasteiger partial charge in [-0.05, 0) is 56.7 Å². The van der Waals surface area contributed by atoms with Crippen molar-refractivity contribution in [3.63, 3.8) is 0 Å². The molecule has 0 heterocycles. The molecular formula is C14H21IS. The molecule has 16 heavy (non-hydrogen) atoms. The molecule has 1 aromatic carbocycles. The SMILES string of the molecule is CC(C)(C)c1cc(S)cc(C(C)(C)C)c1I. The third-order valence-corrected chi connectivity index (χ3v) is 4.09. The van der Waals surface area contributed by atoms with E-state index in [1.165, 1.54) is 14.7 Å². The van der Waals surface area contributed by atoms with Crippen LogP contribution in [0.4, 0.5) is 0 Å². The quantitative estimate of drug-likeness (QED) is 0.485. The fourth-order valence-corrected chi connectivity index (χ4v) is 3.89. The first-order chi connectivity index (χ1) is 7.03. The van der Waals surface area contributed by atoms with Crippen LogP contribution >= 0.6 is 35.2 Å². The van der Waals surface area contributed by atoms with Gasteiger partial charge in [0, 0.05) is 8.47 Å². The summed E-state index contributed by atoms with van der Waals surface area (Å²) >= 11 is 7.01. The van der Waals surface area contributed by atoms with E-state index in [9.17, 15) is 0 Å². The summed E-state index contributed by atoms with van der Waals surface area (Å²) in [5.74, 6) is 0. The van der Waals surface area contributed by atoms with Gasteiger partial charge in [-0.3, -0.25) is 0 Å². The monoisotopic (exact) mass is 348 g/mol. The number of thiol groups is 1. The number of hydrogen-bond acceptors (Lipinski definition) is 1. The third kappa shape index (κ3) is 3.16. The number of halogens is 1. The van der Waals surface area contributed by atoms with Crippen LogP contribution in [0, 0.1) is 3.57 Å². The molecule has 0 spiro atoms. The summed E-state index contributed by atoms with van der Waals surface area (Å²) in [5, 5.41) is 0. The smallest absolute Gasteiger partial charge is 0.0205 e. The van der Waals surface area contributed by atoms with Gasteiger partial charge in [-0.25, -0.2) is 0 Å².